The monoisotopic (exact) mass is 415 g/mol. The molecule has 0 unspecified atom stereocenters. The third-order valence-corrected chi connectivity index (χ3v) is 5.50. The first-order chi connectivity index (χ1) is 13.6. The number of halogens is 1. The quantitative estimate of drug-likeness (QED) is 0.534. The zero-order valence-corrected chi connectivity index (χ0v) is 17.3. The Balaban J connectivity index is 1.53. The van der Waals surface area contributed by atoms with Crippen LogP contribution in [0.2, 0.25) is 5.02 Å². The number of nitrogens with one attached hydrogen (secondary N) is 2. The molecule has 6 nitrogen and oxygen atoms in total. The molecule has 3 rings (SSSR count). The highest BCUT2D eigenvalue weighted by Gasteiger charge is 2.12. The number of aryl methyl sites for hydroxylation is 1. The Morgan fingerprint density at radius 3 is 2.64 bits per heavy atom. The molecule has 1 heterocycles. The lowest BCUT2D eigenvalue weighted by molar-refractivity contribution is -0.113. The Kier molecular flexibility index (Phi) is 6.95. The molecule has 28 heavy (non-hydrogen) atoms. The molecule has 0 fully saturated rings. The normalized spacial score (nSPS) is 10.7. The molecule has 2 N–H and O–H groups in total. The summed E-state index contributed by atoms with van der Waals surface area (Å²) in [6.07, 6.45) is 0.872. The number of aromatic nitrogens is 3. The molecule has 0 bridgehead atoms. The highest BCUT2D eigenvalue weighted by atomic mass is 35.5. The number of para-hydroxylation sites is 1. The molecule has 0 aliphatic rings. The van der Waals surface area contributed by atoms with Crippen molar-refractivity contribution in [1.29, 1.82) is 0 Å². The van der Waals surface area contributed by atoms with Crippen LogP contribution in [0.5, 0.6) is 0 Å². The average molecular weight is 416 g/mol. The number of carbonyl (C=O) groups is 1. The van der Waals surface area contributed by atoms with E-state index in [4.69, 9.17) is 11.6 Å². The molecule has 8 heteroatoms. The molecule has 0 saturated heterocycles. The van der Waals surface area contributed by atoms with Crippen molar-refractivity contribution < 1.29 is 4.79 Å². The van der Waals surface area contributed by atoms with Crippen molar-refractivity contribution in [2.45, 2.75) is 25.0 Å². The molecule has 0 spiro atoms. The Hall–Kier alpha value is -2.51. The van der Waals surface area contributed by atoms with Gasteiger partial charge in [-0.15, -0.1) is 10.2 Å². The predicted octanol–water partition coefficient (Wildman–Crippen LogP) is 4.37. The number of anilines is 2. The molecule has 0 atom stereocenters. The predicted molar refractivity (Wildman–Crippen MR) is 115 cm³/mol. The van der Waals surface area contributed by atoms with Crippen molar-refractivity contribution in [3.05, 3.63) is 64.9 Å². The van der Waals surface area contributed by atoms with Gasteiger partial charge in [-0.2, -0.15) is 0 Å². The van der Waals surface area contributed by atoms with Gasteiger partial charge in [0.2, 0.25) is 5.91 Å². The molecule has 0 radical (unpaired) electrons. The minimum atomic E-state index is -0.0604. The minimum absolute atomic E-state index is 0.0604. The molecule has 2 aromatic carbocycles. The maximum Gasteiger partial charge on any atom is 0.234 e. The summed E-state index contributed by atoms with van der Waals surface area (Å²) in [4.78, 5) is 12.3. The standard InChI is InChI=1S/C20H22ClN5OS/c1-3-14-6-4-5-7-17(14)23-19(27)13-28-20-25-24-18(26(20)2)12-22-16-10-8-15(21)9-11-16/h4-11,22H,3,12-13H2,1-2H3,(H,23,27). The molecule has 146 valence electrons. The fourth-order valence-corrected chi connectivity index (χ4v) is 3.50. The van der Waals surface area contributed by atoms with Gasteiger partial charge in [-0.25, -0.2) is 0 Å². The molecule has 3 aromatic rings. The van der Waals surface area contributed by atoms with Crippen LogP contribution >= 0.6 is 23.4 Å². The lowest BCUT2D eigenvalue weighted by Crippen LogP contribution is -2.15. The third-order valence-electron chi connectivity index (χ3n) is 4.22. The van der Waals surface area contributed by atoms with E-state index in [2.05, 4.69) is 27.8 Å². The first-order valence-electron chi connectivity index (χ1n) is 8.95. The number of amides is 1. The van der Waals surface area contributed by atoms with Gasteiger partial charge in [0.15, 0.2) is 11.0 Å². The van der Waals surface area contributed by atoms with Gasteiger partial charge >= 0.3 is 0 Å². The second-order valence-corrected chi connectivity index (χ2v) is 7.54. The summed E-state index contributed by atoms with van der Waals surface area (Å²) in [5.74, 6) is 0.998. The third kappa shape index (κ3) is 5.27. The Morgan fingerprint density at radius 2 is 1.89 bits per heavy atom. The molecule has 1 amide bonds. The van der Waals surface area contributed by atoms with Crippen molar-refractivity contribution in [3.63, 3.8) is 0 Å². The van der Waals surface area contributed by atoms with Gasteiger partial charge in [-0.3, -0.25) is 4.79 Å². The maximum absolute atomic E-state index is 12.3. The number of benzene rings is 2. The molecule has 0 aliphatic carbocycles. The summed E-state index contributed by atoms with van der Waals surface area (Å²) in [6, 6.07) is 15.3. The summed E-state index contributed by atoms with van der Waals surface area (Å²) in [7, 11) is 1.89. The maximum atomic E-state index is 12.3. The van der Waals surface area contributed by atoms with E-state index in [-0.39, 0.29) is 11.7 Å². The Morgan fingerprint density at radius 1 is 1.14 bits per heavy atom. The van der Waals surface area contributed by atoms with Crippen molar-refractivity contribution >= 4 is 40.6 Å². The Labute approximate surface area is 173 Å². The van der Waals surface area contributed by atoms with Gasteiger partial charge in [0.1, 0.15) is 0 Å². The molecule has 1 aromatic heterocycles. The summed E-state index contributed by atoms with van der Waals surface area (Å²) in [5.41, 5.74) is 2.94. The SMILES string of the molecule is CCc1ccccc1NC(=O)CSc1nnc(CNc2ccc(Cl)cc2)n1C. The molecular weight excluding hydrogens is 394 g/mol. The number of hydrogen-bond donors (Lipinski definition) is 2. The smallest absolute Gasteiger partial charge is 0.234 e. The van der Waals surface area contributed by atoms with Crippen LogP contribution in [0.3, 0.4) is 0 Å². The van der Waals surface area contributed by atoms with Crippen molar-refractivity contribution in [1.82, 2.24) is 14.8 Å². The average Bonchev–Trinajstić information content (AvgIpc) is 3.06. The fourth-order valence-electron chi connectivity index (χ4n) is 2.64. The largest absolute Gasteiger partial charge is 0.378 e. The van der Waals surface area contributed by atoms with E-state index in [0.29, 0.717) is 16.7 Å². The summed E-state index contributed by atoms with van der Waals surface area (Å²) >= 11 is 7.26. The summed E-state index contributed by atoms with van der Waals surface area (Å²) < 4.78 is 1.89. The van der Waals surface area contributed by atoms with Crippen LogP contribution < -0.4 is 10.6 Å². The second-order valence-electron chi connectivity index (χ2n) is 6.17. The number of carbonyl (C=O) groups excluding carboxylic acids is 1. The zero-order valence-electron chi connectivity index (χ0n) is 15.8. The van der Waals surface area contributed by atoms with Crippen LogP contribution in [0.1, 0.15) is 18.3 Å². The van der Waals surface area contributed by atoms with Crippen LogP contribution in [-0.2, 0) is 24.8 Å². The van der Waals surface area contributed by atoms with E-state index < -0.39 is 0 Å². The van der Waals surface area contributed by atoms with E-state index in [1.807, 2.05) is 60.1 Å². The van der Waals surface area contributed by atoms with E-state index in [9.17, 15) is 4.79 Å². The second kappa shape index (κ2) is 9.61. The molecule has 0 aliphatic heterocycles. The topological polar surface area (TPSA) is 71.8 Å². The zero-order chi connectivity index (χ0) is 19.9. The number of rotatable bonds is 8. The van der Waals surface area contributed by atoms with Crippen LogP contribution in [0.15, 0.2) is 53.7 Å². The van der Waals surface area contributed by atoms with Crippen LogP contribution in [0, 0.1) is 0 Å². The Bertz CT molecular complexity index is 942. The van der Waals surface area contributed by atoms with E-state index >= 15 is 0 Å². The van der Waals surface area contributed by atoms with Crippen molar-refractivity contribution in [2.24, 2.45) is 7.05 Å². The van der Waals surface area contributed by atoms with Crippen molar-refractivity contribution in [2.75, 3.05) is 16.4 Å². The first kappa shape index (κ1) is 20.2. The van der Waals surface area contributed by atoms with Crippen LogP contribution in [0.25, 0.3) is 0 Å². The van der Waals surface area contributed by atoms with E-state index in [1.54, 1.807) is 0 Å². The number of thioether (sulfide) groups is 1. The van der Waals surface area contributed by atoms with Crippen LogP contribution in [0.4, 0.5) is 11.4 Å². The lowest BCUT2D eigenvalue weighted by atomic mass is 10.1. The van der Waals surface area contributed by atoms with E-state index in [1.165, 1.54) is 11.8 Å². The highest BCUT2D eigenvalue weighted by molar-refractivity contribution is 7.99. The van der Waals surface area contributed by atoms with Crippen molar-refractivity contribution in [3.8, 4) is 0 Å². The van der Waals surface area contributed by atoms with Gasteiger partial charge in [-0.05, 0) is 42.3 Å². The molecule has 0 saturated carbocycles. The first-order valence-corrected chi connectivity index (χ1v) is 10.3. The minimum Gasteiger partial charge on any atom is -0.378 e. The number of nitrogens with zero attached hydrogens (tertiary/aromatic N) is 3. The number of hydrogen-bond acceptors (Lipinski definition) is 5. The van der Waals surface area contributed by atoms with E-state index in [0.717, 1.165) is 29.2 Å². The highest BCUT2D eigenvalue weighted by Crippen LogP contribution is 2.19. The summed E-state index contributed by atoms with van der Waals surface area (Å²) in [5, 5.41) is 16.0. The molecular formula is C20H22ClN5OS. The van der Waals surface area contributed by atoms with Crippen LogP contribution in [-0.4, -0.2) is 26.4 Å². The van der Waals surface area contributed by atoms with Gasteiger partial charge in [0.25, 0.3) is 0 Å². The lowest BCUT2D eigenvalue weighted by Gasteiger charge is -2.09. The van der Waals surface area contributed by atoms with Gasteiger partial charge < -0.3 is 15.2 Å². The van der Waals surface area contributed by atoms with Gasteiger partial charge in [0.05, 0.1) is 12.3 Å². The fraction of sp³-hybridized carbons (Fsp3) is 0.250. The van der Waals surface area contributed by atoms with Gasteiger partial charge in [0, 0.05) is 23.4 Å². The summed E-state index contributed by atoms with van der Waals surface area (Å²) in [6.45, 7) is 2.60. The van der Waals surface area contributed by atoms with Gasteiger partial charge in [-0.1, -0.05) is 48.5 Å².